The van der Waals surface area contributed by atoms with Gasteiger partial charge < -0.3 is 67.7 Å². The number of aromatic amines is 1. The molecule has 2 fully saturated rings. The van der Waals surface area contributed by atoms with Crippen LogP contribution in [-0.4, -0.2) is 183 Å². The van der Waals surface area contributed by atoms with Gasteiger partial charge in [0.2, 0.25) is 35.4 Å². The maximum absolute atomic E-state index is 14.7. The lowest BCUT2D eigenvalue weighted by Crippen LogP contribution is -2.56. The maximum Gasteiger partial charge on any atom is 0.315 e. The number of carbonyl (C=O) groups is 11. The summed E-state index contributed by atoms with van der Waals surface area (Å²) in [5, 5.41) is 37.0. The highest BCUT2D eigenvalue weighted by Gasteiger charge is 2.43. The third-order valence-corrected chi connectivity index (χ3v) is 17.7. The molecule has 0 saturated carbocycles. The van der Waals surface area contributed by atoms with E-state index < -0.39 is 132 Å². The Bertz CT molecular complexity index is 2920. The van der Waals surface area contributed by atoms with Crippen LogP contribution >= 0.6 is 11.8 Å². The summed E-state index contributed by atoms with van der Waals surface area (Å²) < 4.78 is 18.5. The molecule has 0 spiro atoms. The van der Waals surface area contributed by atoms with Gasteiger partial charge in [-0.15, -0.1) is 5.10 Å². The molecule has 12 N–H and O–H groups in total. The number of nitrogens with one attached hydrogen (secondary N) is 7. The van der Waals surface area contributed by atoms with Gasteiger partial charge in [0.15, 0.2) is 17.3 Å². The van der Waals surface area contributed by atoms with Crippen LogP contribution in [0, 0.1) is 29.6 Å². The molecule has 2 aromatic heterocycles. The number of H-pyrrole nitrogens is 1. The normalized spacial score (nSPS) is 24.7. The van der Waals surface area contributed by atoms with Crippen LogP contribution in [0.1, 0.15) is 122 Å². The van der Waals surface area contributed by atoms with Crippen molar-refractivity contribution in [3.63, 3.8) is 0 Å². The van der Waals surface area contributed by atoms with E-state index in [0.717, 1.165) is 35.9 Å². The number of fused-ring (bicyclic) bond motifs is 4. The minimum atomic E-state index is -1.44. The number of unbranched alkanes of at least 4 members (excludes halogenated alkanes) is 1. The molecule has 490 valence electrons. The summed E-state index contributed by atoms with van der Waals surface area (Å²) in [6.07, 6.45) is 6.02. The molecule has 8 amide bonds. The Morgan fingerprint density at radius 3 is 2.09 bits per heavy atom. The SMILES string of the molecule is CC(C)[C@H]1NC(=O)[C@@H](CO)CC(=O)[C@@H](Cc2c[nH]c3ccccc23)NC(=O)[C@@H](CC(=O)COCCOCCOCCCC(=O)CCCC[C@H]2SC[C@H]3NC(=O)N[C@H]32)Cc2cn(nn2)CCCC[C@@H](C(N)=O)NC(=O)[C@@H](C(C)C)NC(=O)[C@@H](CC(N)=O)CC1=O. The van der Waals surface area contributed by atoms with Gasteiger partial charge in [-0.2, -0.15) is 11.8 Å². The quantitative estimate of drug-likeness (QED) is 0.0378. The van der Waals surface area contributed by atoms with Crippen molar-refractivity contribution in [2.75, 3.05) is 52.0 Å². The van der Waals surface area contributed by atoms with Gasteiger partial charge in [0.25, 0.3) is 0 Å². The molecule has 27 nitrogen and oxygen atoms in total. The van der Waals surface area contributed by atoms with Crippen molar-refractivity contribution in [1.29, 1.82) is 0 Å². The number of primary amides is 2. The van der Waals surface area contributed by atoms with Crippen molar-refractivity contribution in [1.82, 2.24) is 51.9 Å². The second-order valence-electron chi connectivity index (χ2n) is 24.0. The number of amides is 8. The van der Waals surface area contributed by atoms with E-state index in [1.807, 2.05) is 36.0 Å². The number of urea groups is 1. The Morgan fingerprint density at radius 2 is 1.37 bits per heavy atom. The number of hydrogen-bond acceptors (Lipinski definition) is 18. The Morgan fingerprint density at radius 1 is 0.708 bits per heavy atom. The number of ketones is 4. The third kappa shape index (κ3) is 22.7. The number of hydrogen-bond donors (Lipinski definition) is 10. The number of ether oxygens (including phenoxy) is 3. The average Bonchev–Trinajstić information content (AvgIpc) is 2.12. The minimum absolute atomic E-state index is 0.0439. The molecule has 6 rings (SSSR count). The largest absolute Gasteiger partial charge is 0.396 e. The van der Waals surface area contributed by atoms with Crippen molar-refractivity contribution in [3.05, 3.63) is 47.9 Å². The summed E-state index contributed by atoms with van der Waals surface area (Å²) in [4.78, 5) is 151. The van der Waals surface area contributed by atoms with Crippen molar-refractivity contribution < 1.29 is 72.1 Å². The van der Waals surface area contributed by atoms with E-state index in [2.05, 4.69) is 47.2 Å². The molecule has 2 bridgehead atoms. The summed E-state index contributed by atoms with van der Waals surface area (Å²) in [5.74, 6) is -10.8. The molecule has 0 unspecified atom stereocenters. The summed E-state index contributed by atoms with van der Waals surface area (Å²) >= 11 is 1.86. The average molecular weight is 1260 g/mol. The number of nitrogens with two attached hydrogens (primary N) is 2. The second kappa shape index (κ2) is 35.9. The fourth-order valence-electron chi connectivity index (χ4n) is 11.2. The predicted octanol–water partition coefficient (Wildman–Crippen LogP) is 1.18. The Hall–Kier alpha value is -7.14. The van der Waals surface area contributed by atoms with Crippen LogP contribution in [0.5, 0.6) is 0 Å². The molecule has 2 saturated heterocycles. The standard InChI is InChI=1S/C61H90N12O15S/c1-35(2)53-50(78)27-38(29-52(62)79)58(82)69-54(36(3)4)60(84)65-46(56(63)80)16-9-10-18-73-31-41(71-72-73)24-37(57(81)66-47(49(77)28-40(32-74)59(83)68-53)26-39-30-64-45-15-7-6-14-44(39)45)25-43(76)33-88-23-22-87-21-20-86-19-11-13-42(75)12-5-8-17-51-55-48(34-89-51)67-61(85)70-55/h6-7,14-15,30-31,35-38,40,46-48,51,53-55,64,74H,5,8-13,16-29,32-34H2,1-4H3,(H2,62,79)(H2,63,80)(H,65,84)(H,66,81)(H,68,83)(H,69,82)(H2,67,70,85)/t37-,38-,40-,46+,47-,48-,51-,53-,54-,55-/m1/s1. The predicted molar refractivity (Wildman–Crippen MR) is 327 cm³/mol. The molecule has 89 heavy (non-hydrogen) atoms. The number of carbonyl (C=O) groups excluding carboxylic acids is 11. The number of aliphatic hydroxyl groups is 1. The highest BCUT2D eigenvalue weighted by Crippen LogP contribution is 2.33. The zero-order valence-corrected chi connectivity index (χ0v) is 52.2. The number of thioether (sulfide) groups is 1. The number of benzene rings is 1. The summed E-state index contributed by atoms with van der Waals surface area (Å²) in [6.45, 7) is 6.68. The summed E-state index contributed by atoms with van der Waals surface area (Å²) in [7, 11) is 0. The lowest BCUT2D eigenvalue weighted by atomic mass is 9.88. The third-order valence-electron chi connectivity index (χ3n) is 16.2. The van der Waals surface area contributed by atoms with Gasteiger partial charge in [-0.25, -0.2) is 4.79 Å². The van der Waals surface area contributed by atoms with Crippen molar-refractivity contribution in [2.45, 2.75) is 172 Å². The van der Waals surface area contributed by atoms with Gasteiger partial charge in [0.05, 0.1) is 80.6 Å². The number of rotatable bonds is 27. The maximum atomic E-state index is 14.7. The Labute approximate surface area is 522 Å². The smallest absolute Gasteiger partial charge is 0.315 e. The van der Waals surface area contributed by atoms with E-state index in [1.165, 1.54) is 4.68 Å². The van der Waals surface area contributed by atoms with E-state index in [-0.39, 0.29) is 89.2 Å². The zero-order chi connectivity index (χ0) is 64.6. The molecule has 0 radical (unpaired) electrons. The van der Waals surface area contributed by atoms with Gasteiger partial charge in [-0.1, -0.05) is 57.5 Å². The number of aliphatic hydroxyl groups excluding tert-OH is 1. The lowest BCUT2D eigenvalue weighted by Gasteiger charge is -2.28. The fourth-order valence-corrected chi connectivity index (χ4v) is 12.8. The molecule has 3 aromatic rings. The van der Waals surface area contributed by atoms with Gasteiger partial charge in [-0.3, -0.25) is 52.6 Å². The van der Waals surface area contributed by atoms with Crippen LogP contribution in [0.2, 0.25) is 0 Å². The van der Waals surface area contributed by atoms with E-state index in [1.54, 1.807) is 40.1 Å². The highest BCUT2D eigenvalue weighted by atomic mass is 32.2. The summed E-state index contributed by atoms with van der Waals surface area (Å²) in [5.41, 5.74) is 13.0. The topological polar surface area (TPSA) is 406 Å². The first-order valence-corrected chi connectivity index (χ1v) is 32.0. The Kier molecular flexibility index (Phi) is 28.6. The zero-order valence-electron chi connectivity index (χ0n) is 51.4. The first-order chi connectivity index (χ1) is 42.6. The molecule has 10 atom stereocenters. The second-order valence-corrected chi connectivity index (χ2v) is 25.3. The van der Waals surface area contributed by atoms with Crippen LogP contribution in [0.15, 0.2) is 36.7 Å². The molecular formula is C61H90N12O15S. The molecule has 0 aliphatic carbocycles. The van der Waals surface area contributed by atoms with Gasteiger partial charge in [0.1, 0.15) is 24.5 Å². The first-order valence-electron chi connectivity index (χ1n) is 30.9. The molecular weight excluding hydrogens is 1170 g/mol. The van der Waals surface area contributed by atoms with E-state index in [0.29, 0.717) is 55.2 Å². The van der Waals surface area contributed by atoms with E-state index >= 15 is 0 Å². The van der Waals surface area contributed by atoms with Crippen molar-refractivity contribution in [2.24, 2.45) is 41.1 Å². The first kappa shape index (κ1) is 70.9. The molecule has 3 aliphatic heterocycles. The van der Waals surface area contributed by atoms with Gasteiger partial charge in [-0.05, 0) is 62.0 Å². The van der Waals surface area contributed by atoms with E-state index in [4.69, 9.17) is 25.7 Å². The molecule has 28 heteroatoms. The number of nitrogens with zero attached hydrogens (tertiary/aromatic N) is 3. The monoisotopic (exact) mass is 1260 g/mol. The van der Waals surface area contributed by atoms with Crippen LogP contribution in [0.4, 0.5) is 4.79 Å². The number of Topliss-reactive ketones (excluding diaryl/α,β-unsaturated/α-hetero) is 4. The molecule has 3 aliphatic rings. The van der Waals surface area contributed by atoms with Crippen molar-refractivity contribution in [3.8, 4) is 0 Å². The highest BCUT2D eigenvalue weighted by molar-refractivity contribution is 8.00. The van der Waals surface area contributed by atoms with Crippen LogP contribution < -0.4 is 43.4 Å². The van der Waals surface area contributed by atoms with Crippen LogP contribution in [0.25, 0.3) is 10.9 Å². The van der Waals surface area contributed by atoms with Gasteiger partial charge in [0, 0.05) is 98.8 Å². The Balaban J connectivity index is 1.10. The number of aromatic nitrogens is 4. The van der Waals surface area contributed by atoms with Gasteiger partial charge >= 0.3 is 6.03 Å². The number of para-hydroxylation sites is 1. The molecule has 1 aromatic carbocycles. The van der Waals surface area contributed by atoms with Crippen molar-refractivity contribution >= 4 is 87.3 Å². The summed E-state index contributed by atoms with van der Waals surface area (Å²) in [6, 6.07) is 2.52. The minimum Gasteiger partial charge on any atom is -0.396 e. The fraction of sp³-hybridized carbons (Fsp3) is 0.656. The van der Waals surface area contributed by atoms with Crippen LogP contribution in [0.3, 0.4) is 0 Å². The van der Waals surface area contributed by atoms with E-state index in [9.17, 15) is 57.8 Å². The number of aryl methyl sites for hydroxylation is 1. The molecule has 5 heterocycles. The lowest BCUT2D eigenvalue weighted by molar-refractivity contribution is -0.138. The van der Waals surface area contributed by atoms with Crippen LogP contribution in [-0.2, 0) is 81.5 Å².